The number of benzene rings is 1. The van der Waals surface area contributed by atoms with Gasteiger partial charge < -0.3 is 22.2 Å². The monoisotopic (exact) mass is 299 g/mol. The minimum atomic E-state index is 0.487. The van der Waals surface area contributed by atoms with Crippen molar-refractivity contribution < 1.29 is 0 Å². The van der Waals surface area contributed by atoms with Crippen LogP contribution in [0.4, 0.5) is 11.4 Å². The molecule has 0 aromatic heterocycles. The van der Waals surface area contributed by atoms with Gasteiger partial charge in [-0.25, -0.2) is 0 Å². The summed E-state index contributed by atoms with van der Waals surface area (Å²) in [5.74, 6) is 0.748. The molecular formula is C17H25N5. The molecule has 0 amide bonds. The number of nitrogens with one attached hydrogen (secondary N) is 2. The highest BCUT2D eigenvalue weighted by molar-refractivity contribution is 6.15. The fraction of sp³-hybridized carbons (Fsp3) is 0.412. The molecule has 0 radical (unpaired) electrons. The molecule has 0 heterocycles. The first-order chi connectivity index (χ1) is 10.6. The van der Waals surface area contributed by atoms with E-state index < -0.39 is 0 Å². The van der Waals surface area contributed by atoms with Crippen molar-refractivity contribution in [3.8, 4) is 0 Å². The second-order valence-electron chi connectivity index (χ2n) is 5.78. The molecule has 5 heteroatoms. The first-order valence-corrected chi connectivity index (χ1v) is 7.71. The third-order valence-electron chi connectivity index (χ3n) is 4.08. The van der Waals surface area contributed by atoms with E-state index in [0.717, 1.165) is 48.7 Å². The van der Waals surface area contributed by atoms with Gasteiger partial charge in [0.15, 0.2) is 0 Å². The second kappa shape index (κ2) is 7.75. The lowest BCUT2D eigenvalue weighted by molar-refractivity contribution is 0.229. The molecular weight excluding hydrogens is 274 g/mol. The van der Waals surface area contributed by atoms with Crippen molar-refractivity contribution in [3.63, 3.8) is 0 Å². The molecule has 0 spiro atoms. The SMILES string of the molecule is CC(=N\c1ccccc1N)/C(C=N)=C/NC1CC(CCN)C1. The third-order valence-corrected chi connectivity index (χ3v) is 4.08. The van der Waals surface area contributed by atoms with E-state index in [1.807, 2.05) is 37.4 Å². The first kappa shape index (κ1) is 16.2. The Kier molecular flexibility index (Phi) is 5.72. The summed E-state index contributed by atoms with van der Waals surface area (Å²) in [6.45, 7) is 2.66. The van der Waals surface area contributed by atoms with Gasteiger partial charge in [0, 0.05) is 29.7 Å². The Morgan fingerprint density at radius 1 is 1.41 bits per heavy atom. The highest BCUT2D eigenvalue weighted by Gasteiger charge is 2.27. The zero-order chi connectivity index (χ0) is 15.9. The molecule has 5 nitrogen and oxygen atoms in total. The van der Waals surface area contributed by atoms with Crippen LogP contribution in [0.3, 0.4) is 0 Å². The molecule has 0 unspecified atom stereocenters. The van der Waals surface area contributed by atoms with E-state index in [9.17, 15) is 0 Å². The number of aliphatic imine (C=N–C) groups is 1. The lowest BCUT2D eigenvalue weighted by Gasteiger charge is -2.35. The Labute approximate surface area is 132 Å². The zero-order valence-corrected chi connectivity index (χ0v) is 13.0. The predicted octanol–water partition coefficient (Wildman–Crippen LogP) is 2.61. The largest absolute Gasteiger partial charge is 0.397 e. The second-order valence-corrected chi connectivity index (χ2v) is 5.78. The van der Waals surface area contributed by atoms with Crippen LogP contribution in [-0.2, 0) is 0 Å². The fourth-order valence-corrected chi connectivity index (χ4v) is 2.64. The molecule has 0 bridgehead atoms. The average Bonchev–Trinajstić information content (AvgIpc) is 2.47. The number of para-hydroxylation sites is 2. The standard InChI is InChI=1S/C17H25N5/c1-12(22-17-5-3-2-4-16(17)20)14(10-19)11-21-15-8-13(9-15)6-7-18/h2-5,10-11,13,15,19,21H,6-9,18,20H2,1H3/b14-11+,19-10?,22-12+. The van der Waals surface area contributed by atoms with Crippen molar-refractivity contribution in [2.75, 3.05) is 12.3 Å². The van der Waals surface area contributed by atoms with Crippen LogP contribution in [0.15, 0.2) is 41.0 Å². The number of nitrogens with zero attached hydrogens (tertiary/aromatic N) is 1. The molecule has 0 atom stereocenters. The van der Waals surface area contributed by atoms with Crippen molar-refractivity contribution in [2.24, 2.45) is 16.6 Å². The van der Waals surface area contributed by atoms with Gasteiger partial charge in [0.05, 0.1) is 11.4 Å². The van der Waals surface area contributed by atoms with Gasteiger partial charge in [0.1, 0.15) is 0 Å². The molecule has 1 aliphatic rings. The van der Waals surface area contributed by atoms with Crippen molar-refractivity contribution in [2.45, 2.75) is 32.2 Å². The van der Waals surface area contributed by atoms with Crippen molar-refractivity contribution in [1.82, 2.24) is 5.32 Å². The van der Waals surface area contributed by atoms with E-state index in [1.54, 1.807) is 0 Å². The van der Waals surface area contributed by atoms with Crippen LogP contribution in [0.5, 0.6) is 0 Å². The van der Waals surface area contributed by atoms with Crippen LogP contribution in [0.2, 0.25) is 0 Å². The van der Waals surface area contributed by atoms with Gasteiger partial charge in [-0.1, -0.05) is 12.1 Å². The van der Waals surface area contributed by atoms with Crippen molar-refractivity contribution in [3.05, 3.63) is 36.0 Å². The van der Waals surface area contributed by atoms with Gasteiger partial charge in [-0.2, -0.15) is 0 Å². The highest BCUT2D eigenvalue weighted by Crippen LogP contribution is 2.29. The molecule has 1 fully saturated rings. The van der Waals surface area contributed by atoms with Crippen LogP contribution in [0.1, 0.15) is 26.2 Å². The van der Waals surface area contributed by atoms with Crippen LogP contribution in [0.25, 0.3) is 0 Å². The Balaban J connectivity index is 1.97. The van der Waals surface area contributed by atoms with Gasteiger partial charge in [-0.3, -0.25) is 4.99 Å². The van der Waals surface area contributed by atoms with E-state index in [-0.39, 0.29) is 0 Å². The van der Waals surface area contributed by atoms with E-state index >= 15 is 0 Å². The van der Waals surface area contributed by atoms with Crippen molar-refractivity contribution in [1.29, 1.82) is 5.41 Å². The first-order valence-electron chi connectivity index (χ1n) is 7.71. The Morgan fingerprint density at radius 2 is 2.14 bits per heavy atom. The molecule has 0 saturated heterocycles. The van der Waals surface area contributed by atoms with Gasteiger partial charge >= 0.3 is 0 Å². The molecule has 0 aliphatic heterocycles. The van der Waals surface area contributed by atoms with E-state index in [2.05, 4.69) is 10.3 Å². The third kappa shape index (κ3) is 4.18. The number of allylic oxidation sites excluding steroid dienone is 1. The summed E-state index contributed by atoms with van der Waals surface area (Å²) in [5.41, 5.74) is 14.4. The number of nitrogen functional groups attached to an aromatic ring is 1. The number of anilines is 1. The normalized spacial score (nSPS) is 22.1. The van der Waals surface area contributed by atoms with E-state index in [1.165, 1.54) is 6.21 Å². The highest BCUT2D eigenvalue weighted by atomic mass is 14.9. The number of rotatable bonds is 7. The molecule has 1 aromatic carbocycles. The number of hydrogen-bond acceptors (Lipinski definition) is 5. The van der Waals surface area contributed by atoms with Crippen LogP contribution < -0.4 is 16.8 Å². The van der Waals surface area contributed by atoms with Crippen molar-refractivity contribution >= 4 is 23.3 Å². The van der Waals surface area contributed by atoms with Crippen LogP contribution >= 0.6 is 0 Å². The molecule has 2 rings (SSSR count). The van der Waals surface area contributed by atoms with Gasteiger partial charge in [-0.15, -0.1) is 0 Å². The summed E-state index contributed by atoms with van der Waals surface area (Å²) in [7, 11) is 0. The lowest BCUT2D eigenvalue weighted by atomic mass is 9.78. The minimum absolute atomic E-state index is 0.487. The summed E-state index contributed by atoms with van der Waals surface area (Å²) in [6, 6.07) is 7.97. The summed E-state index contributed by atoms with van der Waals surface area (Å²) in [6.07, 6.45) is 6.62. The molecule has 1 aliphatic carbocycles. The summed E-state index contributed by atoms with van der Waals surface area (Å²) >= 11 is 0. The Morgan fingerprint density at radius 3 is 2.77 bits per heavy atom. The topological polar surface area (TPSA) is 100 Å². The van der Waals surface area contributed by atoms with Crippen LogP contribution in [-0.4, -0.2) is 24.5 Å². The number of nitrogens with two attached hydrogens (primary N) is 2. The molecule has 118 valence electrons. The van der Waals surface area contributed by atoms with Gasteiger partial charge in [0.25, 0.3) is 0 Å². The fourth-order valence-electron chi connectivity index (χ4n) is 2.64. The van der Waals surface area contributed by atoms with Crippen LogP contribution in [0, 0.1) is 11.3 Å². The molecule has 1 saturated carbocycles. The number of hydrogen-bond donors (Lipinski definition) is 4. The maximum absolute atomic E-state index is 7.57. The molecule has 1 aromatic rings. The smallest absolute Gasteiger partial charge is 0.0862 e. The van der Waals surface area contributed by atoms with E-state index in [0.29, 0.717) is 11.7 Å². The van der Waals surface area contributed by atoms with Gasteiger partial charge in [-0.05, 0) is 50.8 Å². The van der Waals surface area contributed by atoms with E-state index in [4.69, 9.17) is 16.9 Å². The lowest BCUT2D eigenvalue weighted by Crippen LogP contribution is -2.39. The Bertz CT molecular complexity index is 570. The summed E-state index contributed by atoms with van der Waals surface area (Å²) < 4.78 is 0. The average molecular weight is 299 g/mol. The Hall–Kier alpha value is -2.14. The quantitative estimate of drug-likeness (QED) is 0.460. The van der Waals surface area contributed by atoms with Gasteiger partial charge in [0.2, 0.25) is 0 Å². The summed E-state index contributed by atoms with van der Waals surface area (Å²) in [4.78, 5) is 4.51. The maximum atomic E-state index is 7.57. The predicted molar refractivity (Wildman–Crippen MR) is 93.8 cm³/mol. The maximum Gasteiger partial charge on any atom is 0.0862 e. The zero-order valence-electron chi connectivity index (χ0n) is 13.0. The molecule has 22 heavy (non-hydrogen) atoms. The minimum Gasteiger partial charge on any atom is -0.397 e. The molecule has 6 N–H and O–H groups in total. The summed E-state index contributed by atoms with van der Waals surface area (Å²) in [5, 5.41) is 10.9.